The highest BCUT2D eigenvalue weighted by Crippen LogP contribution is 2.27. The fraction of sp³-hybridized carbons (Fsp3) is 1.00. The van der Waals surface area contributed by atoms with Gasteiger partial charge in [-0.1, -0.05) is 5.11 Å². The van der Waals surface area contributed by atoms with Crippen LogP contribution in [0, 0.1) is 0 Å². The molecule has 1 rings (SSSR count). The lowest BCUT2D eigenvalue weighted by atomic mass is 10.6. The van der Waals surface area contributed by atoms with E-state index in [1.54, 1.807) is 0 Å². The Bertz CT molecular complexity index is 171. The first-order chi connectivity index (χ1) is 4.68. The van der Waals surface area contributed by atoms with Gasteiger partial charge < -0.3 is 0 Å². The highest BCUT2D eigenvalue weighted by Gasteiger charge is 2.45. The van der Waals surface area contributed by atoms with E-state index in [4.69, 9.17) is 5.53 Å². The second-order valence-corrected chi connectivity index (χ2v) is 2.66. The molecule has 3 atom stereocenters. The van der Waals surface area contributed by atoms with Crippen molar-refractivity contribution < 1.29 is 0 Å². The average Bonchev–Trinajstić information content (AvgIpc) is 2.43. The Morgan fingerprint density at radius 2 is 2.20 bits per heavy atom. The normalized spacial score (nSPS) is 37.4. The van der Waals surface area contributed by atoms with Crippen LogP contribution in [-0.2, 0) is 0 Å². The van der Waals surface area contributed by atoms with Crippen molar-refractivity contribution in [3.05, 3.63) is 10.4 Å². The van der Waals surface area contributed by atoms with E-state index in [9.17, 15) is 0 Å². The lowest BCUT2D eigenvalue weighted by Gasteiger charge is -2.05. The number of azide groups is 1. The molecule has 0 aliphatic carbocycles. The zero-order valence-corrected chi connectivity index (χ0v) is 6.39. The molecule has 0 saturated carbocycles. The first kappa shape index (κ1) is 7.34. The Balaban J connectivity index is 2.48. The van der Waals surface area contributed by atoms with Crippen molar-refractivity contribution in [2.75, 3.05) is 21.1 Å². The largest absolute Gasteiger partial charge is 0.293 e. The van der Waals surface area contributed by atoms with E-state index < -0.39 is 0 Å². The first-order valence-corrected chi connectivity index (χ1v) is 3.11. The second kappa shape index (κ2) is 2.46. The molecule has 0 bridgehead atoms. The lowest BCUT2D eigenvalue weighted by Crippen LogP contribution is -2.19. The molecule has 1 heterocycles. The summed E-state index contributed by atoms with van der Waals surface area (Å²) in [6.07, 6.45) is 0.343. The van der Waals surface area contributed by atoms with E-state index in [-0.39, 0.29) is 6.17 Å². The highest BCUT2D eigenvalue weighted by atomic mass is 15.6. The monoisotopic (exact) mass is 141 g/mol. The van der Waals surface area contributed by atoms with Crippen LogP contribution in [0.5, 0.6) is 0 Å². The van der Waals surface area contributed by atoms with Crippen molar-refractivity contribution in [1.29, 1.82) is 0 Å². The zero-order chi connectivity index (χ0) is 7.72. The van der Waals surface area contributed by atoms with Gasteiger partial charge in [0.1, 0.15) is 6.17 Å². The summed E-state index contributed by atoms with van der Waals surface area (Å²) < 4.78 is 0. The fourth-order valence-corrected chi connectivity index (χ4v) is 1.13. The molecule has 0 aromatic carbocycles. The van der Waals surface area contributed by atoms with Crippen LogP contribution < -0.4 is 0 Å². The number of hydrogen-bond acceptors (Lipinski definition) is 3. The van der Waals surface area contributed by atoms with Gasteiger partial charge >= 0.3 is 0 Å². The molecule has 1 aliphatic rings. The third-order valence-electron chi connectivity index (χ3n) is 1.71. The molecule has 5 heteroatoms. The molecule has 1 aliphatic heterocycles. The van der Waals surface area contributed by atoms with Crippen molar-refractivity contribution in [1.82, 2.24) is 9.80 Å². The number of rotatable bonds is 2. The van der Waals surface area contributed by atoms with Crippen molar-refractivity contribution >= 4 is 0 Å². The van der Waals surface area contributed by atoms with Crippen LogP contribution in [0.4, 0.5) is 0 Å². The van der Waals surface area contributed by atoms with Gasteiger partial charge in [0, 0.05) is 4.91 Å². The van der Waals surface area contributed by atoms with Gasteiger partial charge in [-0.3, -0.25) is 9.80 Å². The van der Waals surface area contributed by atoms with Crippen molar-refractivity contribution in [2.45, 2.75) is 12.3 Å². The standard InChI is InChI=1S/C5H11N5/c1-9(2)5-4(7-8-6)10(5)3/h4-5H,1-3H3. The van der Waals surface area contributed by atoms with Crippen LogP contribution in [-0.4, -0.2) is 43.3 Å². The molecule has 1 fully saturated rings. The van der Waals surface area contributed by atoms with Gasteiger partial charge in [-0.15, -0.1) is 0 Å². The average molecular weight is 141 g/mol. The zero-order valence-electron chi connectivity index (χ0n) is 6.39. The molecule has 0 radical (unpaired) electrons. The summed E-state index contributed by atoms with van der Waals surface area (Å²) in [5.74, 6) is 0. The van der Waals surface area contributed by atoms with Gasteiger partial charge in [0.15, 0.2) is 0 Å². The van der Waals surface area contributed by atoms with E-state index >= 15 is 0 Å². The molecule has 10 heavy (non-hydrogen) atoms. The lowest BCUT2D eigenvalue weighted by molar-refractivity contribution is 0.335. The molecule has 3 unspecified atom stereocenters. The molecule has 0 amide bonds. The van der Waals surface area contributed by atoms with Crippen LogP contribution in [0.3, 0.4) is 0 Å². The first-order valence-electron chi connectivity index (χ1n) is 3.11. The van der Waals surface area contributed by atoms with Gasteiger partial charge in [-0.2, -0.15) is 0 Å². The van der Waals surface area contributed by atoms with Gasteiger partial charge in [-0.25, -0.2) is 0 Å². The maximum atomic E-state index is 8.11. The molecule has 0 aromatic rings. The maximum absolute atomic E-state index is 8.11. The molecule has 0 spiro atoms. The van der Waals surface area contributed by atoms with E-state index in [1.807, 2.05) is 30.9 Å². The highest BCUT2D eigenvalue weighted by molar-refractivity contribution is 4.95. The smallest absolute Gasteiger partial charge is 0.119 e. The fourth-order valence-electron chi connectivity index (χ4n) is 1.13. The number of nitrogens with zero attached hydrogens (tertiary/aromatic N) is 5. The van der Waals surface area contributed by atoms with Gasteiger partial charge in [0.05, 0.1) is 6.17 Å². The van der Waals surface area contributed by atoms with Crippen LogP contribution in [0.25, 0.3) is 10.4 Å². The van der Waals surface area contributed by atoms with Crippen LogP contribution in [0.1, 0.15) is 0 Å². The SMILES string of the molecule is CN(C)C1C(N=[N+]=[N-])N1C. The van der Waals surface area contributed by atoms with Gasteiger partial charge in [0.25, 0.3) is 0 Å². The van der Waals surface area contributed by atoms with E-state index in [1.165, 1.54) is 0 Å². The predicted octanol–water partition coefficient (Wildman–Crippen LogP) is 0.456. The Morgan fingerprint density at radius 3 is 2.50 bits per heavy atom. The summed E-state index contributed by atoms with van der Waals surface area (Å²) in [4.78, 5) is 6.76. The van der Waals surface area contributed by atoms with Crippen molar-refractivity contribution in [2.24, 2.45) is 5.11 Å². The maximum Gasteiger partial charge on any atom is 0.119 e. The minimum atomic E-state index is 0.0417. The second-order valence-electron chi connectivity index (χ2n) is 2.66. The minimum Gasteiger partial charge on any atom is -0.293 e. The topological polar surface area (TPSA) is 55.0 Å². The summed E-state index contributed by atoms with van der Waals surface area (Å²) in [6, 6.07) is 0. The Labute approximate surface area is 59.8 Å². The predicted molar refractivity (Wildman–Crippen MR) is 38.2 cm³/mol. The Hall–Kier alpha value is -0.770. The van der Waals surface area contributed by atoms with Crippen LogP contribution >= 0.6 is 0 Å². The Kier molecular flexibility index (Phi) is 1.80. The molecule has 56 valence electrons. The van der Waals surface area contributed by atoms with Crippen molar-refractivity contribution in [3.8, 4) is 0 Å². The third-order valence-corrected chi connectivity index (χ3v) is 1.71. The Morgan fingerprint density at radius 1 is 1.60 bits per heavy atom. The number of hydrogen-bond donors (Lipinski definition) is 0. The summed E-state index contributed by atoms with van der Waals surface area (Å²) in [6.45, 7) is 0. The molecule has 5 nitrogen and oxygen atoms in total. The molecule has 0 N–H and O–H groups in total. The summed E-state index contributed by atoms with van der Waals surface area (Å²) in [5.41, 5.74) is 8.11. The van der Waals surface area contributed by atoms with Crippen LogP contribution in [0.2, 0.25) is 0 Å². The van der Waals surface area contributed by atoms with E-state index in [0.29, 0.717) is 6.17 Å². The minimum absolute atomic E-state index is 0.0417. The van der Waals surface area contributed by atoms with Crippen LogP contribution in [0.15, 0.2) is 5.11 Å². The van der Waals surface area contributed by atoms with E-state index in [0.717, 1.165) is 0 Å². The summed E-state index contributed by atoms with van der Waals surface area (Å²) in [7, 11) is 5.87. The molecule has 1 saturated heterocycles. The van der Waals surface area contributed by atoms with E-state index in [2.05, 4.69) is 10.0 Å². The van der Waals surface area contributed by atoms with Gasteiger partial charge in [-0.05, 0) is 26.7 Å². The summed E-state index contributed by atoms with van der Waals surface area (Å²) >= 11 is 0. The molecular weight excluding hydrogens is 130 g/mol. The summed E-state index contributed by atoms with van der Waals surface area (Å²) in [5, 5.41) is 3.58. The molecule has 0 aromatic heterocycles. The third kappa shape index (κ3) is 1.07. The number of likely N-dealkylation sites (N-methyl/N-ethyl adjacent to an activating group) is 2. The molecular formula is C5H11N5. The van der Waals surface area contributed by atoms with Crippen molar-refractivity contribution in [3.63, 3.8) is 0 Å². The van der Waals surface area contributed by atoms with Gasteiger partial charge in [0.2, 0.25) is 0 Å². The quantitative estimate of drug-likeness (QED) is 0.243.